The van der Waals surface area contributed by atoms with Gasteiger partial charge in [-0.1, -0.05) is 23.8 Å². The standard InChI is InChI=1S/C14H13ClFN3O/c1-3-5-17-12-8-11(20)9-7-10(16)13(15)18-14(9)19(12)6-4-2/h3-4,7-8,17H,1-2,5-6H2. The zero-order valence-corrected chi connectivity index (χ0v) is 11.5. The monoisotopic (exact) mass is 293 g/mol. The highest BCUT2D eigenvalue weighted by Gasteiger charge is 2.13. The van der Waals surface area contributed by atoms with E-state index in [1.54, 1.807) is 16.7 Å². The molecule has 2 aromatic rings. The molecule has 2 heterocycles. The molecule has 2 rings (SSSR count). The Morgan fingerprint density at radius 2 is 2.15 bits per heavy atom. The topological polar surface area (TPSA) is 46.9 Å². The molecule has 104 valence electrons. The molecule has 20 heavy (non-hydrogen) atoms. The summed E-state index contributed by atoms with van der Waals surface area (Å²) in [6, 6.07) is 2.49. The van der Waals surface area contributed by atoms with Gasteiger partial charge in [-0.2, -0.15) is 0 Å². The van der Waals surface area contributed by atoms with Crippen LogP contribution in [0, 0.1) is 5.82 Å². The van der Waals surface area contributed by atoms with E-state index in [1.807, 2.05) is 0 Å². The number of hydrogen-bond acceptors (Lipinski definition) is 3. The third kappa shape index (κ3) is 2.58. The van der Waals surface area contributed by atoms with Gasteiger partial charge in [0.05, 0.1) is 5.39 Å². The average molecular weight is 294 g/mol. The number of pyridine rings is 2. The van der Waals surface area contributed by atoms with E-state index in [2.05, 4.69) is 23.5 Å². The quantitative estimate of drug-likeness (QED) is 0.681. The van der Waals surface area contributed by atoms with Crippen LogP contribution in [-0.4, -0.2) is 16.1 Å². The molecule has 0 unspecified atom stereocenters. The van der Waals surface area contributed by atoms with E-state index < -0.39 is 5.82 Å². The predicted octanol–water partition coefficient (Wildman–Crippen LogP) is 2.97. The molecular weight excluding hydrogens is 281 g/mol. The molecule has 0 aliphatic carbocycles. The number of nitrogens with one attached hydrogen (secondary N) is 1. The largest absolute Gasteiger partial charge is 0.368 e. The van der Waals surface area contributed by atoms with Gasteiger partial charge < -0.3 is 9.88 Å². The number of halogens is 2. The second-order valence-corrected chi connectivity index (χ2v) is 4.45. The van der Waals surface area contributed by atoms with E-state index in [9.17, 15) is 9.18 Å². The first-order chi connectivity index (χ1) is 9.58. The van der Waals surface area contributed by atoms with Gasteiger partial charge in [-0.05, 0) is 6.07 Å². The Morgan fingerprint density at radius 1 is 1.40 bits per heavy atom. The maximum atomic E-state index is 13.5. The van der Waals surface area contributed by atoms with E-state index in [1.165, 1.54) is 6.07 Å². The van der Waals surface area contributed by atoms with Crippen LogP contribution in [0.15, 0.2) is 42.2 Å². The molecule has 1 N–H and O–H groups in total. The van der Waals surface area contributed by atoms with Crippen molar-refractivity contribution in [3.05, 3.63) is 58.6 Å². The lowest BCUT2D eigenvalue weighted by Gasteiger charge is -2.15. The highest BCUT2D eigenvalue weighted by molar-refractivity contribution is 6.29. The third-order valence-electron chi connectivity index (χ3n) is 2.73. The second-order valence-electron chi connectivity index (χ2n) is 4.09. The van der Waals surface area contributed by atoms with Crippen LogP contribution >= 0.6 is 11.6 Å². The fraction of sp³-hybridized carbons (Fsp3) is 0.143. The van der Waals surface area contributed by atoms with Gasteiger partial charge in [0.1, 0.15) is 11.5 Å². The van der Waals surface area contributed by atoms with Crippen molar-refractivity contribution >= 4 is 28.5 Å². The second kappa shape index (κ2) is 5.88. The molecule has 0 saturated heterocycles. The third-order valence-corrected chi connectivity index (χ3v) is 3.00. The van der Waals surface area contributed by atoms with Crippen molar-refractivity contribution < 1.29 is 4.39 Å². The van der Waals surface area contributed by atoms with Crippen molar-refractivity contribution in [1.82, 2.24) is 9.55 Å². The maximum absolute atomic E-state index is 13.5. The van der Waals surface area contributed by atoms with Gasteiger partial charge in [-0.25, -0.2) is 9.37 Å². The predicted molar refractivity (Wildman–Crippen MR) is 79.9 cm³/mol. The van der Waals surface area contributed by atoms with Crippen molar-refractivity contribution in [3.8, 4) is 0 Å². The van der Waals surface area contributed by atoms with Gasteiger partial charge in [0.25, 0.3) is 0 Å². The summed E-state index contributed by atoms with van der Waals surface area (Å²) in [6.07, 6.45) is 3.32. The summed E-state index contributed by atoms with van der Waals surface area (Å²) < 4.78 is 15.2. The molecule has 4 nitrogen and oxygen atoms in total. The van der Waals surface area contributed by atoms with Crippen LogP contribution in [0.3, 0.4) is 0 Å². The molecular formula is C14H13ClFN3O. The van der Waals surface area contributed by atoms with Gasteiger partial charge in [0.2, 0.25) is 0 Å². The first-order valence-corrected chi connectivity index (χ1v) is 6.31. The van der Waals surface area contributed by atoms with Crippen LogP contribution in [0.4, 0.5) is 10.2 Å². The number of rotatable bonds is 5. The smallest absolute Gasteiger partial charge is 0.193 e. The first kappa shape index (κ1) is 14.3. The zero-order chi connectivity index (χ0) is 14.7. The molecule has 2 aromatic heterocycles. The Hall–Kier alpha value is -2.14. The Kier molecular flexibility index (Phi) is 4.20. The Bertz CT molecular complexity index is 739. The van der Waals surface area contributed by atoms with Crippen molar-refractivity contribution in [1.29, 1.82) is 0 Å². The molecule has 0 fully saturated rings. The molecule has 0 saturated carbocycles. The maximum Gasteiger partial charge on any atom is 0.193 e. The summed E-state index contributed by atoms with van der Waals surface area (Å²) in [7, 11) is 0. The van der Waals surface area contributed by atoms with Gasteiger partial charge >= 0.3 is 0 Å². The summed E-state index contributed by atoms with van der Waals surface area (Å²) in [4.78, 5) is 16.0. The fourth-order valence-electron chi connectivity index (χ4n) is 1.88. The van der Waals surface area contributed by atoms with E-state index in [-0.39, 0.29) is 16.0 Å². The minimum atomic E-state index is -0.715. The van der Waals surface area contributed by atoms with E-state index >= 15 is 0 Å². The summed E-state index contributed by atoms with van der Waals surface area (Å²) in [5.41, 5.74) is -0.00898. The van der Waals surface area contributed by atoms with E-state index in [0.29, 0.717) is 24.6 Å². The number of nitrogens with zero attached hydrogens (tertiary/aromatic N) is 2. The molecule has 0 spiro atoms. The summed E-state index contributed by atoms with van der Waals surface area (Å²) in [5, 5.41) is 2.95. The van der Waals surface area contributed by atoms with E-state index in [4.69, 9.17) is 11.6 Å². The summed E-state index contributed by atoms with van der Waals surface area (Å²) >= 11 is 5.70. The van der Waals surface area contributed by atoms with Crippen LogP contribution in [0.1, 0.15) is 0 Å². The molecule has 0 bridgehead atoms. The minimum Gasteiger partial charge on any atom is -0.368 e. The molecule has 0 aromatic carbocycles. The first-order valence-electron chi connectivity index (χ1n) is 5.93. The van der Waals surface area contributed by atoms with Gasteiger partial charge in [-0.15, -0.1) is 13.2 Å². The van der Waals surface area contributed by atoms with Crippen molar-refractivity contribution in [2.45, 2.75) is 6.54 Å². The van der Waals surface area contributed by atoms with Crippen molar-refractivity contribution in [2.75, 3.05) is 11.9 Å². The molecule has 0 radical (unpaired) electrons. The lowest BCUT2D eigenvalue weighted by atomic mass is 10.2. The average Bonchev–Trinajstić information content (AvgIpc) is 2.42. The van der Waals surface area contributed by atoms with E-state index in [0.717, 1.165) is 6.07 Å². The molecule has 0 aliphatic rings. The molecule has 0 amide bonds. The number of aromatic nitrogens is 2. The molecule has 0 aliphatic heterocycles. The van der Waals surface area contributed by atoms with Crippen LogP contribution in [0.5, 0.6) is 0 Å². The van der Waals surface area contributed by atoms with Crippen molar-refractivity contribution in [2.24, 2.45) is 0 Å². The zero-order valence-electron chi connectivity index (χ0n) is 10.7. The summed E-state index contributed by atoms with van der Waals surface area (Å²) in [6.45, 7) is 8.16. The lowest BCUT2D eigenvalue weighted by Crippen LogP contribution is -2.16. The minimum absolute atomic E-state index is 0.179. The normalized spacial score (nSPS) is 10.5. The summed E-state index contributed by atoms with van der Waals surface area (Å²) in [5.74, 6) is -0.161. The van der Waals surface area contributed by atoms with Crippen LogP contribution in [0.25, 0.3) is 11.0 Å². The Balaban J connectivity index is 2.78. The number of allylic oxidation sites excluding steroid dienone is 1. The molecule has 0 atom stereocenters. The Morgan fingerprint density at radius 3 is 2.80 bits per heavy atom. The fourth-order valence-corrected chi connectivity index (χ4v) is 2.01. The van der Waals surface area contributed by atoms with Crippen LogP contribution in [0.2, 0.25) is 5.15 Å². The molecule has 6 heteroatoms. The van der Waals surface area contributed by atoms with Gasteiger partial charge in [0, 0.05) is 19.2 Å². The van der Waals surface area contributed by atoms with Crippen LogP contribution < -0.4 is 10.7 Å². The highest BCUT2D eigenvalue weighted by Crippen LogP contribution is 2.20. The van der Waals surface area contributed by atoms with Gasteiger partial charge in [0.15, 0.2) is 16.4 Å². The number of anilines is 1. The SMILES string of the molecule is C=CCNc1cc(=O)c2cc(F)c(Cl)nc2n1CC=C. The van der Waals surface area contributed by atoms with Gasteiger partial charge in [-0.3, -0.25) is 4.79 Å². The number of fused-ring (bicyclic) bond motifs is 1. The Labute approximate surface area is 120 Å². The lowest BCUT2D eigenvalue weighted by molar-refractivity contribution is 0.623. The highest BCUT2D eigenvalue weighted by atomic mass is 35.5. The van der Waals surface area contributed by atoms with Crippen molar-refractivity contribution in [3.63, 3.8) is 0 Å². The van der Waals surface area contributed by atoms with Crippen LogP contribution in [-0.2, 0) is 6.54 Å². The number of hydrogen-bond donors (Lipinski definition) is 1.